The van der Waals surface area contributed by atoms with E-state index in [9.17, 15) is 0 Å². The van der Waals surface area contributed by atoms with Crippen LogP contribution < -0.4 is 0 Å². The van der Waals surface area contributed by atoms with Crippen molar-refractivity contribution in [3.63, 3.8) is 0 Å². The van der Waals surface area contributed by atoms with Crippen molar-refractivity contribution in [3.8, 4) is 0 Å². The number of aliphatic hydroxyl groups is 3. The third-order valence-corrected chi connectivity index (χ3v) is 1.36. The lowest BCUT2D eigenvalue weighted by Gasteiger charge is -2.23. The second-order valence-electron chi connectivity index (χ2n) is 2.12. The van der Waals surface area contributed by atoms with Crippen LogP contribution >= 0.6 is 0 Å². The maximum absolute atomic E-state index is 8.95. The van der Waals surface area contributed by atoms with Crippen LogP contribution in [0.15, 0.2) is 12.1 Å². The molecule has 0 radical (unpaired) electrons. The summed E-state index contributed by atoms with van der Waals surface area (Å²) in [6.45, 7) is 0. The van der Waals surface area contributed by atoms with Crippen LogP contribution in [0.3, 0.4) is 0 Å². The van der Waals surface area contributed by atoms with Crippen molar-refractivity contribution in [2.45, 2.75) is 24.7 Å². The van der Waals surface area contributed by atoms with Crippen LogP contribution in [0.2, 0.25) is 0 Å². The molecular formula is C6H10O3. The van der Waals surface area contributed by atoms with Gasteiger partial charge in [0.1, 0.15) is 12.2 Å². The second kappa shape index (κ2) is 2.47. The van der Waals surface area contributed by atoms with Gasteiger partial charge in [-0.25, -0.2) is 0 Å². The summed E-state index contributed by atoms with van der Waals surface area (Å²) in [6, 6.07) is 0.172. The predicted octanol–water partition coefficient (Wildman–Crippen LogP) is -0.971. The van der Waals surface area contributed by atoms with Gasteiger partial charge in [0, 0.05) is 0 Å². The van der Waals surface area contributed by atoms with E-state index in [4.69, 9.17) is 16.7 Å². The fourth-order valence-corrected chi connectivity index (χ4v) is 0.756. The Labute approximate surface area is 54.7 Å². The zero-order valence-corrected chi connectivity index (χ0v) is 4.86. The molecule has 0 saturated heterocycles. The van der Waals surface area contributed by atoms with Crippen molar-refractivity contribution in [2.75, 3.05) is 0 Å². The molecule has 3 nitrogen and oxygen atoms in total. The van der Waals surface area contributed by atoms with E-state index < -0.39 is 18.3 Å². The molecular weight excluding hydrogens is 120 g/mol. The Morgan fingerprint density at radius 3 is 2.67 bits per heavy atom. The Hall–Kier alpha value is -0.380. The first-order chi connectivity index (χ1) is 4.61. The minimum absolute atomic E-state index is 0.123. The van der Waals surface area contributed by atoms with E-state index in [1.54, 1.807) is 0 Å². The van der Waals surface area contributed by atoms with E-state index in [0.717, 1.165) is 0 Å². The molecule has 1 aliphatic carbocycles. The van der Waals surface area contributed by atoms with Gasteiger partial charge in [0.25, 0.3) is 0 Å². The first-order valence-electron chi connectivity index (χ1n) is 3.33. The number of aliphatic hydroxyl groups excluding tert-OH is 3. The summed E-state index contributed by atoms with van der Waals surface area (Å²) in [5, 5.41) is 26.8. The SMILES string of the molecule is [2H]C1=C[C@@H](O)[C@@H](O)[C@H](O)C1. The molecule has 0 heterocycles. The molecule has 52 valence electrons. The van der Waals surface area contributed by atoms with Crippen LogP contribution in [-0.4, -0.2) is 33.6 Å². The Bertz CT molecular complexity index is 157. The molecule has 1 rings (SSSR count). The molecule has 3 atom stereocenters. The molecule has 0 aromatic carbocycles. The molecule has 9 heavy (non-hydrogen) atoms. The van der Waals surface area contributed by atoms with Crippen molar-refractivity contribution in [1.82, 2.24) is 0 Å². The maximum atomic E-state index is 8.95. The molecule has 0 bridgehead atoms. The largest absolute Gasteiger partial charge is 0.390 e. The Kier molecular flexibility index (Phi) is 1.49. The first kappa shape index (κ1) is 5.41. The molecule has 1 aliphatic rings. The molecule has 0 spiro atoms. The molecule has 0 aromatic rings. The van der Waals surface area contributed by atoms with Crippen LogP contribution in [-0.2, 0) is 0 Å². The van der Waals surface area contributed by atoms with Crippen molar-refractivity contribution in [3.05, 3.63) is 12.1 Å². The van der Waals surface area contributed by atoms with E-state index in [2.05, 4.69) is 0 Å². The lowest BCUT2D eigenvalue weighted by Crippen LogP contribution is -2.38. The summed E-state index contributed by atoms with van der Waals surface area (Å²) in [7, 11) is 0. The minimum atomic E-state index is -1.13. The van der Waals surface area contributed by atoms with Gasteiger partial charge in [-0.2, -0.15) is 0 Å². The quantitative estimate of drug-likeness (QED) is 0.371. The van der Waals surface area contributed by atoms with Crippen molar-refractivity contribution >= 4 is 0 Å². The second-order valence-corrected chi connectivity index (χ2v) is 2.12. The van der Waals surface area contributed by atoms with Crippen LogP contribution in [0.4, 0.5) is 0 Å². The number of hydrogen-bond acceptors (Lipinski definition) is 3. The van der Waals surface area contributed by atoms with Gasteiger partial charge in [-0.05, 0) is 6.42 Å². The smallest absolute Gasteiger partial charge is 0.110 e. The third kappa shape index (κ3) is 1.30. The normalized spacial score (nSPS) is 45.9. The molecule has 0 aliphatic heterocycles. The van der Waals surface area contributed by atoms with E-state index in [-0.39, 0.29) is 12.5 Å². The van der Waals surface area contributed by atoms with Crippen molar-refractivity contribution in [2.24, 2.45) is 0 Å². The van der Waals surface area contributed by atoms with Crippen molar-refractivity contribution in [1.29, 1.82) is 0 Å². The van der Waals surface area contributed by atoms with E-state index in [1.165, 1.54) is 6.08 Å². The van der Waals surface area contributed by atoms with Gasteiger partial charge < -0.3 is 15.3 Å². The summed E-state index contributed by atoms with van der Waals surface area (Å²) in [5.74, 6) is 0. The highest BCUT2D eigenvalue weighted by atomic mass is 16.4. The lowest BCUT2D eigenvalue weighted by atomic mass is 9.99. The fraction of sp³-hybridized carbons (Fsp3) is 0.667. The average Bonchev–Trinajstić information content (AvgIpc) is 1.82. The number of hydrogen-bond donors (Lipinski definition) is 3. The van der Waals surface area contributed by atoms with Crippen LogP contribution in [0.25, 0.3) is 0 Å². The highest BCUT2D eigenvalue weighted by Crippen LogP contribution is 2.11. The van der Waals surface area contributed by atoms with Crippen LogP contribution in [0, 0.1) is 0 Å². The van der Waals surface area contributed by atoms with Crippen LogP contribution in [0.1, 0.15) is 7.79 Å². The topological polar surface area (TPSA) is 60.7 Å². The van der Waals surface area contributed by atoms with Gasteiger partial charge in [-0.3, -0.25) is 0 Å². The first-order valence-corrected chi connectivity index (χ1v) is 2.83. The molecule has 3 N–H and O–H groups in total. The summed E-state index contributed by atoms with van der Waals surface area (Å²) < 4.78 is 7.05. The molecule has 0 aromatic heterocycles. The van der Waals surface area contributed by atoms with Gasteiger partial charge >= 0.3 is 0 Å². The van der Waals surface area contributed by atoms with E-state index in [0.29, 0.717) is 0 Å². The minimum Gasteiger partial charge on any atom is -0.390 e. The summed E-state index contributed by atoms with van der Waals surface area (Å²) >= 11 is 0. The summed E-state index contributed by atoms with van der Waals surface area (Å²) in [4.78, 5) is 0. The standard InChI is InChI=1S/C6H10O3/c7-4-2-1-3-5(8)6(4)9/h1-2,4-9H,3H2/t4-,5-,6-/m1/s1/i1D. The maximum Gasteiger partial charge on any atom is 0.110 e. The van der Waals surface area contributed by atoms with Gasteiger partial charge in [0.2, 0.25) is 0 Å². The Morgan fingerprint density at radius 2 is 2.11 bits per heavy atom. The highest BCUT2D eigenvalue weighted by Gasteiger charge is 2.24. The Morgan fingerprint density at radius 1 is 1.44 bits per heavy atom. The van der Waals surface area contributed by atoms with Crippen molar-refractivity contribution < 1.29 is 16.7 Å². The van der Waals surface area contributed by atoms with Crippen LogP contribution in [0.5, 0.6) is 0 Å². The van der Waals surface area contributed by atoms with E-state index in [1.807, 2.05) is 0 Å². The summed E-state index contributed by atoms with van der Waals surface area (Å²) in [5.41, 5.74) is 0. The molecule has 0 fully saturated rings. The van der Waals surface area contributed by atoms with Gasteiger partial charge in [0.05, 0.1) is 7.47 Å². The molecule has 0 saturated carbocycles. The highest BCUT2D eigenvalue weighted by molar-refractivity contribution is 5.01. The average molecular weight is 131 g/mol. The van der Waals surface area contributed by atoms with Gasteiger partial charge in [-0.1, -0.05) is 12.1 Å². The molecule has 3 heteroatoms. The lowest BCUT2D eigenvalue weighted by molar-refractivity contribution is -0.0453. The van der Waals surface area contributed by atoms with Gasteiger partial charge in [0.15, 0.2) is 0 Å². The van der Waals surface area contributed by atoms with Gasteiger partial charge in [-0.15, -0.1) is 0 Å². The molecule has 0 unspecified atom stereocenters. The predicted molar refractivity (Wildman–Crippen MR) is 31.8 cm³/mol. The molecule has 0 amide bonds. The number of rotatable bonds is 0. The fourth-order valence-electron chi connectivity index (χ4n) is 0.756. The monoisotopic (exact) mass is 131 g/mol. The Balaban J connectivity index is 2.69. The van der Waals surface area contributed by atoms with E-state index >= 15 is 0 Å². The third-order valence-electron chi connectivity index (χ3n) is 1.36. The zero-order chi connectivity index (χ0) is 7.72. The zero-order valence-electron chi connectivity index (χ0n) is 5.86. The summed E-state index contributed by atoms with van der Waals surface area (Å²) in [6.07, 6.45) is -1.85.